The van der Waals surface area contributed by atoms with Crippen LogP contribution in [0.5, 0.6) is 5.75 Å². The van der Waals surface area contributed by atoms with Crippen LogP contribution in [0.1, 0.15) is 87.4 Å². The van der Waals surface area contributed by atoms with E-state index in [1.54, 1.807) is 30.3 Å². The number of carbonyl (C=O) groups excluding carboxylic acids is 2. The quantitative estimate of drug-likeness (QED) is 0.109. The number of benzene rings is 2. The molecule has 216 valence electrons. The molecule has 0 aliphatic heterocycles. The van der Waals surface area contributed by atoms with Gasteiger partial charge in [0.15, 0.2) is 5.78 Å². The van der Waals surface area contributed by atoms with Gasteiger partial charge in [-0.3, -0.25) is 9.59 Å². The van der Waals surface area contributed by atoms with E-state index in [2.05, 4.69) is 31.0 Å². The number of hydrogen-bond acceptors (Lipinski definition) is 6. The first kappa shape index (κ1) is 30.9. The van der Waals surface area contributed by atoms with Gasteiger partial charge in [0.1, 0.15) is 17.1 Å². The number of aliphatic carboxylic acids is 1. The number of ether oxygens (including phenoxy) is 1. The molecule has 0 aliphatic carbocycles. The molecule has 0 atom stereocenters. The van der Waals surface area contributed by atoms with Crippen molar-refractivity contribution in [2.45, 2.75) is 72.1 Å². The van der Waals surface area contributed by atoms with Crippen LogP contribution in [0.3, 0.4) is 0 Å². The lowest BCUT2D eigenvalue weighted by Gasteiger charge is -2.21. The number of carboxylic acid groups (broad SMARTS) is 1. The highest BCUT2D eigenvalue weighted by Gasteiger charge is 2.23. The van der Waals surface area contributed by atoms with E-state index in [9.17, 15) is 14.4 Å². The van der Waals surface area contributed by atoms with E-state index in [4.69, 9.17) is 14.3 Å². The van der Waals surface area contributed by atoms with E-state index in [-0.39, 0.29) is 11.5 Å². The molecule has 8 nitrogen and oxygen atoms in total. The van der Waals surface area contributed by atoms with E-state index < -0.39 is 11.9 Å². The van der Waals surface area contributed by atoms with E-state index in [1.807, 2.05) is 12.1 Å². The molecule has 8 heteroatoms. The van der Waals surface area contributed by atoms with E-state index in [0.29, 0.717) is 46.6 Å². The van der Waals surface area contributed by atoms with Crippen LogP contribution in [0.25, 0.3) is 11.0 Å². The second kappa shape index (κ2) is 15.8. The van der Waals surface area contributed by atoms with Crippen LogP contribution in [0.4, 0.5) is 5.69 Å². The maximum absolute atomic E-state index is 13.7. The van der Waals surface area contributed by atoms with Gasteiger partial charge in [-0.1, -0.05) is 40.0 Å². The number of nitrogens with one attached hydrogen (secondary N) is 1. The number of carbonyl (C=O) groups is 3. The van der Waals surface area contributed by atoms with Crippen molar-refractivity contribution < 1.29 is 28.6 Å². The van der Waals surface area contributed by atoms with Crippen molar-refractivity contribution in [3.8, 4) is 5.75 Å². The zero-order valence-electron chi connectivity index (χ0n) is 24.0. The van der Waals surface area contributed by atoms with Crippen molar-refractivity contribution in [2.24, 2.45) is 0 Å². The Hall–Kier alpha value is -3.65. The molecule has 0 saturated carbocycles. The van der Waals surface area contributed by atoms with Crippen LogP contribution in [0.15, 0.2) is 46.9 Å². The Bertz CT molecular complexity index is 1260. The monoisotopic (exact) mass is 550 g/mol. The molecule has 2 N–H and O–H groups in total. The Balaban J connectivity index is 1.72. The van der Waals surface area contributed by atoms with Gasteiger partial charge in [0.25, 0.3) is 0 Å². The minimum Gasteiger partial charge on any atom is -0.494 e. The predicted molar refractivity (Wildman–Crippen MR) is 157 cm³/mol. The number of nitrogens with zero attached hydrogens (tertiary/aromatic N) is 1. The minimum atomic E-state index is -1.58. The molecule has 40 heavy (non-hydrogen) atoms. The number of furan rings is 1. The summed E-state index contributed by atoms with van der Waals surface area (Å²) in [5.41, 5.74) is 1.72. The molecule has 0 aliphatic rings. The molecule has 0 radical (unpaired) electrons. The molecular weight excluding hydrogens is 508 g/mol. The Morgan fingerprint density at radius 1 is 0.875 bits per heavy atom. The Morgan fingerprint density at radius 2 is 1.52 bits per heavy atom. The van der Waals surface area contributed by atoms with Crippen LogP contribution in [-0.2, 0) is 16.0 Å². The van der Waals surface area contributed by atoms with Gasteiger partial charge in [-0.25, -0.2) is 4.79 Å². The summed E-state index contributed by atoms with van der Waals surface area (Å²) in [6.07, 6.45) is 8.14. The summed E-state index contributed by atoms with van der Waals surface area (Å²) in [5, 5.41) is 11.8. The van der Waals surface area contributed by atoms with Gasteiger partial charge in [-0.2, -0.15) is 0 Å². The molecule has 0 fully saturated rings. The number of hydrogen-bond donors (Lipinski definition) is 2. The third-order valence-corrected chi connectivity index (χ3v) is 6.86. The van der Waals surface area contributed by atoms with Crippen LogP contribution in [0.2, 0.25) is 0 Å². The minimum absolute atomic E-state index is 0.194. The first-order valence-corrected chi connectivity index (χ1v) is 14.5. The van der Waals surface area contributed by atoms with E-state index >= 15 is 0 Å². The fourth-order valence-corrected chi connectivity index (χ4v) is 4.60. The fraction of sp³-hybridized carbons (Fsp3) is 0.469. The van der Waals surface area contributed by atoms with E-state index in [0.717, 1.165) is 38.9 Å². The van der Waals surface area contributed by atoms with Crippen molar-refractivity contribution in [2.75, 3.05) is 31.6 Å². The molecule has 1 amide bonds. The summed E-state index contributed by atoms with van der Waals surface area (Å²) in [5.74, 6) is -1.63. The second-order valence-electron chi connectivity index (χ2n) is 10.1. The molecular formula is C32H42N2O6. The van der Waals surface area contributed by atoms with Gasteiger partial charge < -0.3 is 24.5 Å². The smallest absolute Gasteiger partial charge is 0.394 e. The van der Waals surface area contributed by atoms with E-state index in [1.165, 1.54) is 25.7 Å². The maximum Gasteiger partial charge on any atom is 0.394 e. The van der Waals surface area contributed by atoms with Crippen molar-refractivity contribution in [1.82, 2.24) is 4.90 Å². The lowest BCUT2D eigenvalue weighted by Crippen LogP contribution is -2.28. The first-order chi connectivity index (χ1) is 19.4. The molecule has 0 unspecified atom stereocenters. The Labute approximate surface area is 236 Å². The van der Waals surface area contributed by atoms with Crippen molar-refractivity contribution >= 4 is 34.3 Å². The largest absolute Gasteiger partial charge is 0.494 e. The number of amides is 1. The Morgan fingerprint density at radius 3 is 2.15 bits per heavy atom. The number of anilines is 1. The summed E-state index contributed by atoms with van der Waals surface area (Å²) < 4.78 is 12.0. The predicted octanol–water partition coefficient (Wildman–Crippen LogP) is 6.70. The highest BCUT2D eigenvalue weighted by atomic mass is 16.5. The average molecular weight is 551 g/mol. The first-order valence-electron chi connectivity index (χ1n) is 14.5. The van der Waals surface area contributed by atoms with Crippen LogP contribution in [-0.4, -0.2) is 53.9 Å². The Kier molecular flexibility index (Phi) is 12.2. The molecule has 3 rings (SSSR count). The van der Waals surface area contributed by atoms with Crippen molar-refractivity contribution in [1.29, 1.82) is 0 Å². The molecule has 2 aromatic carbocycles. The highest BCUT2D eigenvalue weighted by molar-refractivity contribution is 6.36. The normalized spacial score (nSPS) is 11.2. The van der Waals surface area contributed by atoms with Crippen molar-refractivity contribution in [3.63, 3.8) is 0 Å². The summed E-state index contributed by atoms with van der Waals surface area (Å²) in [6, 6.07) is 11.9. The van der Waals surface area contributed by atoms with Gasteiger partial charge in [0.2, 0.25) is 0 Å². The zero-order valence-corrected chi connectivity index (χ0v) is 24.0. The van der Waals surface area contributed by atoms with Gasteiger partial charge in [0, 0.05) is 29.6 Å². The van der Waals surface area contributed by atoms with Crippen LogP contribution in [0, 0.1) is 0 Å². The molecule has 0 bridgehead atoms. The van der Waals surface area contributed by atoms with Gasteiger partial charge in [-0.05, 0) is 81.2 Å². The van der Waals surface area contributed by atoms with Crippen LogP contribution >= 0.6 is 0 Å². The topological polar surface area (TPSA) is 109 Å². The standard InChI is InChI=1S/C32H42N2O6/c1-4-7-11-28-29(26-22-24(14-17-27(26)40-28)33-31(36)32(37)38)30(35)23-12-15-25(16-13-23)39-21-10-20-34(18-8-5-2)19-9-6-3/h12-17,22H,4-11,18-21H2,1-3H3,(H,33,36)(H,37,38). The molecule has 3 aromatic rings. The third-order valence-electron chi connectivity index (χ3n) is 6.86. The average Bonchev–Trinajstić information content (AvgIpc) is 3.32. The summed E-state index contributed by atoms with van der Waals surface area (Å²) in [7, 11) is 0. The lowest BCUT2D eigenvalue weighted by atomic mass is 9.98. The summed E-state index contributed by atoms with van der Waals surface area (Å²) in [6.45, 7) is 10.4. The number of ketones is 1. The molecule has 0 saturated heterocycles. The van der Waals surface area contributed by atoms with Crippen molar-refractivity contribution in [3.05, 3.63) is 59.4 Å². The number of fused-ring (bicyclic) bond motifs is 1. The third kappa shape index (κ3) is 8.68. The number of carboxylic acids is 1. The molecule has 0 spiro atoms. The van der Waals surface area contributed by atoms with Gasteiger partial charge in [-0.15, -0.1) is 0 Å². The lowest BCUT2D eigenvalue weighted by molar-refractivity contribution is -0.147. The molecule has 1 aromatic heterocycles. The van der Waals surface area contributed by atoms with Gasteiger partial charge >= 0.3 is 11.9 Å². The second-order valence-corrected chi connectivity index (χ2v) is 10.1. The summed E-state index contributed by atoms with van der Waals surface area (Å²) >= 11 is 0. The number of unbranched alkanes of at least 4 members (excludes halogenated alkanes) is 3. The fourth-order valence-electron chi connectivity index (χ4n) is 4.60. The maximum atomic E-state index is 13.7. The zero-order chi connectivity index (χ0) is 28.9. The number of aryl methyl sites for hydroxylation is 1. The highest BCUT2D eigenvalue weighted by Crippen LogP contribution is 2.32. The SMILES string of the molecule is CCCCc1oc2ccc(NC(=O)C(=O)O)cc2c1C(=O)c1ccc(OCCCN(CCCC)CCCC)cc1. The molecule has 1 heterocycles. The summed E-state index contributed by atoms with van der Waals surface area (Å²) in [4.78, 5) is 38.8. The van der Waals surface area contributed by atoms with Crippen LogP contribution < -0.4 is 10.1 Å². The number of rotatable bonds is 17. The van der Waals surface area contributed by atoms with Gasteiger partial charge in [0.05, 0.1) is 12.2 Å².